The van der Waals surface area contributed by atoms with Gasteiger partial charge in [0.25, 0.3) is 0 Å². The van der Waals surface area contributed by atoms with Gasteiger partial charge in [-0.25, -0.2) is 9.07 Å². The summed E-state index contributed by atoms with van der Waals surface area (Å²) in [5, 5.41) is 8.65. The van der Waals surface area contributed by atoms with Crippen molar-refractivity contribution >= 4 is 0 Å². The first-order valence-electron chi connectivity index (χ1n) is 9.19. The van der Waals surface area contributed by atoms with Gasteiger partial charge in [-0.05, 0) is 43.4 Å². The first-order valence-corrected chi connectivity index (χ1v) is 9.19. The Morgan fingerprint density at radius 1 is 1.07 bits per heavy atom. The fourth-order valence-electron chi connectivity index (χ4n) is 3.22. The monoisotopic (exact) mass is 392 g/mol. The standard InChI is InChI=1S/C22H21FN4O2/c1-26(15-18-11-12-29-25-18)13-17-14-27(21-6-4-3-5-20(21)23)24-22(17)16-7-9-19(28-2)10-8-16/h3-12,14H,13,15H2,1-2H3. The average Bonchev–Trinajstić information content (AvgIpc) is 3.38. The molecule has 0 bridgehead atoms. The first kappa shape index (κ1) is 18.9. The van der Waals surface area contributed by atoms with Crippen LogP contribution in [0.15, 0.2) is 71.6 Å². The lowest BCUT2D eigenvalue weighted by Gasteiger charge is -2.14. The largest absolute Gasteiger partial charge is 0.497 e. The fraction of sp³-hybridized carbons (Fsp3) is 0.182. The Bertz CT molecular complexity index is 1070. The van der Waals surface area contributed by atoms with Crippen molar-refractivity contribution in [3.63, 3.8) is 0 Å². The second-order valence-corrected chi connectivity index (χ2v) is 6.79. The number of hydrogen-bond acceptors (Lipinski definition) is 5. The lowest BCUT2D eigenvalue weighted by Crippen LogP contribution is -2.17. The number of ether oxygens (including phenoxy) is 1. The number of nitrogens with zero attached hydrogens (tertiary/aromatic N) is 4. The number of rotatable bonds is 7. The predicted octanol–water partition coefficient (Wildman–Crippen LogP) is 4.31. The number of aromatic nitrogens is 3. The second kappa shape index (κ2) is 8.28. The zero-order valence-corrected chi connectivity index (χ0v) is 16.2. The maximum atomic E-state index is 14.3. The van der Waals surface area contributed by atoms with E-state index >= 15 is 0 Å². The number of methoxy groups -OCH3 is 1. The van der Waals surface area contributed by atoms with E-state index in [1.54, 1.807) is 36.3 Å². The highest BCUT2D eigenvalue weighted by atomic mass is 19.1. The second-order valence-electron chi connectivity index (χ2n) is 6.79. The predicted molar refractivity (Wildman–Crippen MR) is 107 cm³/mol. The summed E-state index contributed by atoms with van der Waals surface area (Å²) in [4.78, 5) is 2.10. The van der Waals surface area contributed by atoms with Crippen LogP contribution in [0.1, 0.15) is 11.3 Å². The highest BCUT2D eigenvalue weighted by Crippen LogP contribution is 2.27. The number of hydrogen-bond donors (Lipinski definition) is 0. The van der Waals surface area contributed by atoms with Crippen molar-refractivity contribution in [1.82, 2.24) is 19.8 Å². The molecule has 0 aliphatic carbocycles. The zero-order chi connectivity index (χ0) is 20.2. The lowest BCUT2D eigenvalue weighted by molar-refractivity contribution is 0.304. The molecule has 29 heavy (non-hydrogen) atoms. The highest BCUT2D eigenvalue weighted by molar-refractivity contribution is 5.64. The van der Waals surface area contributed by atoms with Gasteiger partial charge in [0.05, 0.1) is 18.5 Å². The van der Waals surface area contributed by atoms with Crippen molar-refractivity contribution in [3.8, 4) is 22.7 Å². The number of benzene rings is 2. The third-order valence-corrected chi connectivity index (χ3v) is 4.62. The molecule has 0 saturated heterocycles. The third-order valence-electron chi connectivity index (χ3n) is 4.62. The van der Waals surface area contributed by atoms with E-state index in [1.807, 2.05) is 43.6 Å². The molecule has 0 fully saturated rings. The summed E-state index contributed by atoms with van der Waals surface area (Å²) in [7, 11) is 3.62. The van der Waals surface area contributed by atoms with Crippen LogP contribution in [-0.2, 0) is 13.1 Å². The van der Waals surface area contributed by atoms with E-state index in [9.17, 15) is 4.39 Å². The van der Waals surface area contributed by atoms with Gasteiger partial charge in [-0.2, -0.15) is 5.10 Å². The maximum Gasteiger partial charge on any atom is 0.148 e. The van der Waals surface area contributed by atoms with Gasteiger partial charge in [0.2, 0.25) is 0 Å². The van der Waals surface area contributed by atoms with Crippen LogP contribution in [0, 0.1) is 5.82 Å². The first-order chi connectivity index (χ1) is 14.1. The number of halogens is 1. The third kappa shape index (κ3) is 4.20. The van der Waals surface area contributed by atoms with E-state index in [0.29, 0.717) is 18.8 Å². The molecule has 0 N–H and O–H groups in total. The number of para-hydroxylation sites is 1. The molecule has 4 aromatic rings. The summed E-state index contributed by atoms with van der Waals surface area (Å²) in [6.07, 6.45) is 3.43. The van der Waals surface area contributed by atoms with Crippen molar-refractivity contribution in [3.05, 3.63) is 84.1 Å². The Balaban J connectivity index is 1.69. The van der Waals surface area contributed by atoms with E-state index in [4.69, 9.17) is 14.4 Å². The summed E-state index contributed by atoms with van der Waals surface area (Å²) < 4.78 is 26.1. The topological polar surface area (TPSA) is 56.3 Å². The van der Waals surface area contributed by atoms with Gasteiger partial charge < -0.3 is 9.26 Å². The Kier molecular flexibility index (Phi) is 5.39. The van der Waals surface area contributed by atoms with E-state index in [2.05, 4.69) is 10.1 Å². The Morgan fingerprint density at radius 2 is 1.86 bits per heavy atom. The molecule has 4 rings (SSSR count). The summed E-state index contributed by atoms with van der Waals surface area (Å²) in [6, 6.07) is 16.1. The van der Waals surface area contributed by atoms with E-state index in [0.717, 1.165) is 28.3 Å². The van der Waals surface area contributed by atoms with Crippen molar-refractivity contribution in [2.75, 3.05) is 14.2 Å². The van der Waals surface area contributed by atoms with Gasteiger partial charge in [-0.1, -0.05) is 17.3 Å². The van der Waals surface area contributed by atoms with Crippen molar-refractivity contribution in [2.24, 2.45) is 0 Å². The minimum Gasteiger partial charge on any atom is -0.497 e. The van der Waals surface area contributed by atoms with Crippen LogP contribution >= 0.6 is 0 Å². The molecule has 0 spiro atoms. The average molecular weight is 392 g/mol. The molecule has 148 valence electrons. The van der Waals surface area contributed by atoms with Gasteiger partial charge in [0, 0.05) is 36.5 Å². The van der Waals surface area contributed by atoms with Gasteiger partial charge in [0.15, 0.2) is 0 Å². The molecule has 2 aromatic carbocycles. The smallest absolute Gasteiger partial charge is 0.148 e. The van der Waals surface area contributed by atoms with Crippen LogP contribution in [0.4, 0.5) is 4.39 Å². The highest BCUT2D eigenvalue weighted by Gasteiger charge is 2.16. The van der Waals surface area contributed by atoms with Crippen LogP contribution in [0.25, 0.3) is 16.9 Å². The molecule has 0 atom stereocenters. The quantitative estimate of drug-likeness (QED) is 0.469. The van der Waals surface area contributed by atoms with Crippen LogP contribution in [-0.4, -0.2) is 34.0 Å². The molecule has 7 heteroatoms. The molecule has 0 unspecified atom stereocenters. The SMILES string of the molecule is COc1ccc(-c2nn(-c3ccccc3F)cc2CN(C)Cc2ccon2)cc1. The minimum atomic E-state index is -0.321. The van der Waals surface area contributed by atoms with Crippen LogP contribution in [0.3, 0.4) is 0 Å². The van der Waals surface area contributed by atoms with Crippen LogP contribution in [0.2, 0.25) is 0 Å². The summed E-state index contributed by atoms with van der Waals surface area (Å²) in [5.74, 6) is 0.450. The molecule has 2 aromatic heterocycles. The fourth-order valence-corrected chi connectivity index (χ4v) is 3.22. The van der Waals surface area contributed by atoms with Crippen molar-refractivity contribution < 1.29 is 13.7 Å². The molecule has 0 amide bonds. The van der Waals surface area contributed by atoms with Crippen LogP contribution in [0.5, 0.6) is 5.75 Å². The summed E-state index contributed by atoms with van der Waals surface area (Å²) >= 11 is 0. The van der Waals surface area contributed by atoms with E-state index in [-0.39, 0.29) is 5.82 Å². The Hall–Kier alpha value is -3.45. The van der Waals surface area contributed by atoms with Gasteiger partial charge in [-0.15, -0.1) is 0 Å². The van der Waals surface area contributed by atoms with Gasteiger partial charge >= 0.3 is 0 Å². The molecular formula is C22H21FN4O2. The molecule has 6 nitrogen and oxygen atoms in total. The molecular weight excluding hydrogens is 371 g/mol. The lowest BCUT2D eigenvalue weighted by atomic mass is 10.1. The van der Waals surface area contributed by atoms with Crippen molar-refractivity contribution in [2.45, 2.75) is 13.1 Å². The maximum absolute atomic E-state index is 14.3. The summed E-state index contributed by atoms with van der Waals surface area (Å²) in [5.41, 5.74) is 3.96. The molecule has 0 radical (unpaired) electrons. The van der Waals surface area contributed by atoms with E-state index < -0.39 is 0 Å². The molecule has 0 saturated carbocycles. The van der Waals surface area contributed by atoms with Gasteiger partial charge in [0.1, 0.15) is 23.5 Å². The summed E-state index contributed by atoms with van der Waals surface area (Å²) in [6.45, 7) is 1.24. The molecule has 0 aliphatic rings. The minimum absolute atomic E-state index is 0.321. The molecule has 2 heterocycles. The van der Waals surface area contributed by atoms with Crippen LogP contribution < -0.4 is 4.74 Å². The Morgan fingerprint density at radius 3 is 2.55 bits per heavy atom. The van der Waals surface area contributed by atoms with E-state index in [1.165, 1.54) is 6.07 Å². The van der Waals surface area contributed by atoms with Gasteiger partial charge in [-0.3, -0.25) is 4.90 Å². The molecule has 0 aliphatic heterocycles. The van der Waals surface area contributed by atoms with Crippen molar-refractivity contribution in [1.29, 1.82) is 0 Å². The zero-order valence-electron chi connectivity index (χ0n) is 16.2. The Labute approximate surface area is 168 Å². The normalized spacial score (nSPS) is 11.2.